The number of nitrogens with one attached hydrogen (secondary N) is 1. The summed E-state index contributed by atoms with van der Waals surface area (Å²) in [5.41, 5.74) is 4.65. The lowest BCUT2D eigenvalue weighted by atomic mass is 10.0. The molecule has 25 heavy (non-hydrogen) atoms. The summed E-state index contributed by atoms with van der Waals surface area (Å²) >= 11 is 0. The number of ether oxygens (including phenoxy) is 1. The van der Waals surface area contributed by atoms with Gasteiger partial charge in [0.2, 0.25) is 0 Å². The highest BCUT2D eigenvalue weighted by atomic mass is 16.5. The van der Waals surface area contributed by atoms with Crippen molar-refractivity contribution in [1.29, 1.82) is 0 Å². The van der Waals surface area contributed by atoms with Crippen LogP contribution in [0.4, 0.5) is 5.69 Å². The number of carbonyl (C=O) groups excluding carboxylic acids is 1. The number of hydrogen-bond acceptors (Lipinski definition) is 5. The summed E-state index contributed by atoms with van der Waals surface area (Å²) in [5, 5.41) is 4.18. The van der Waals surface area contributed by atoms with Crippen molar-refractivity contribution in [2.75, 3.05) is 12.4 Å². The normalized spacial score (nSPS) is 10.7. The Morgan fingerprint density at radius 2 is 1.76 bits per heavy atom. The maximum atomic E-state index is 11.8. The van der Waals surface area contributed by atoms with Crippen molar-refractivity contribution in [1.82, 2.24) is 0 Å². The fourth-order valence-corrected chi connectivity index (χ4v) is 2.67. The average Bonchev–Trinajstić information content (AvgIpc) is 2.61. The lowest BCUT2D eigenvalue weighted by molar-refractivity contribution is 0.0601. The van der Waals surface area contributed by atoms with E-state index in [9.17, 15) is 9.59 Å². The number of hydrogen-bond donors (Lipinski definition) is 1. The van der Waals surface area contributed by atoms with Gasteiger partial charge in [-0.2, -0.15) is 0 Å². The Morgan fingerprint density at radius 3 is 2.44 bits per heavy atom. The minimum Gasteiger partial charge on any atom is -0.465 e. The monoisotopic (exact) mass is 337 g/mol. The van der Waals surface area contributed by atoms with Crippen LogP contribution in [-0.2, 0) is 11.3 Å². The molecule has 5 nitrogen and oxygen atoms in total. The van der Waals surface area contributed by atoms with Gasteiger partial charge < -0.3 is 14.5 Å². The van der Waals surface area contributed by atoms with Gasteiger partial charge in [0.1, 0.15) is 5.58 Å². The first kappa shape index (κ1) is 16.8. The molecule has 1 heterocycles. The second-order valence-corrected chi connectivity index (χ2v) is 5.95. The van der Waals surface area contributed by atoms with Crippen molar-refractivity contribution in [3.05, 3.63) is 75.1 Å². The van der Waals surface area contributed by atoms with Gasteiger partial charge in [0.05, 0.1) is 12.7 Å². The van der Waals surface area contributed by atoms with Gasteiger partial charge in [0.15, 0.2) is 0 Å². The molecule has 0 amide bonds. The molecule has 0 saturated carbocycles. The second-order valence-electron chi connectivity index (χ2n) is 5.95. The van der Waals surface area contributed by atoms with Gasteiger partial charge in [0.25, 0.3) is 0 Å². The van der Waals surface area contributed by atoms with Crippen LogP contribution < -0.4 is 10.9 Å². The highest BCUT2D eigenvalue weighted by Gasteiger charge is 2.08. The maximum Gasteiger partial charge on any atom is 0.337 e. The number of benzene rings is 2. The third-order valence-electron chi connectivity index (χ3n) is 4.23. The highest BCUT2D eigenvalue weighted by Crippen LogP contribution is 2.22. The van der Waals surface area contributed by atoms with E-state index in [-0.39, 0.29) is 11.6 Å². The number of anilines is 1. The number of carbonyl (C=O) groups is 1. The molecule has 0 unspecified atom stereocenters. The van der Waals surface area contributed by atoms with Gasteiger partial charge in [0, 0.05) is 23.7 Å². The number of methoxy groups -OCH3 is 1. The summed E-state index contributed by atoms with van der Waals surface area (Å²) in [6.45, 7) is 4.49. The van der Waals surface area contributed by atoms with E-state index < -0.39 is 0 Å². The van der Waals surface area contributed by atoms with Gasteiger partial charge in [-0.15, -0.1) is 0 Å². The van der Waals surface area contributed by atoms with Gasteiger partial charge >= 0.3 is 11.6 Å². The topological polar surface area (TPSA) is 68.5 Å². The SMILES string of the molecule is COC(=O)c1ccc(NCc2cc(=O)oc3cc(C)c(C)cc23)cc1. The molecule has 0 saturated heterocycles. The van der Waals surface area contributed by atoms with Crippen molar-refractivity contribution in [3.63, 3.8) is 0 Å². The Bertz CT molecular complexity index is 987. The first-order valence-electron chi connectivity index (χ1n) is 7.94. The summed E-state index contributed by atoms with van der Waals surface area (Å²) in [4.78, 5) is 23.3. The largest absolute Gasteiger partial charge is 0.465 e. The summed E-state index contributed by atoms with van der Waals surface area (Å²) in [7, 11) is 1.35. The van der Waals surface area contributed by atoms with E-state index in [2.05, 4.69) is 10.1 Å². The standard InChI is InChI=1S/C20H19NO4/c1-12-8-17-15(10-19(22)25-18(17)9-13(12)2)11-21-16-6-4-14(5-7-16)20(23)24-3/h4-10,21H,11H2,1-3H3. The van der Waals surface area contributed by atoms with Crippen LogP contribution in [-0.4, -0.2) is 13.1 Å². The zero-order chi connectivity index (χ0) is 18.0. The summed E-state index contributed by atoms with van der Waals surface area (Å²) in [6.07, 6.45) is 0. The molecular weight excluding hydrogens is 318 g/mol. The minimum absolute atomic E-state index is 0.367. The lowest BCUT2D eigenvalue weighted by Crippen LogP contribution is -2.06. The van der Waals surface area contributed by atoms with Crippen LogP contribution in [0.1, 0.15) is 27.0 Å². The molecule has 0 bridgehead atoms. The Hall–Kier alpha value is -3.08. The molecule has 1 N–H and O–H groups in total. The van der Waals surface area contributed by atoms with Crippen molar-refractivity contribution in [2.24, 2.45) is 0 Å². The number of esters is 1. The minimum atomic E-state index is -0.371. The van der Waals surface area contributed by atoms with Crippen molar-refractivity contribution < 1.29 is 13.9 Å². The number of fused-ring (bicyclic) bond motifs is 1. The number of rotatable bonds is 4. The predicted molar refractivity (Wildman–Crippen MR) is 97.1 cm³/mol. The summed E-state index contributed by atoms with van der Waals surface area (Å²) in [5.74, 6) is -0.371. The molecular formula is C20H19NO4. The molecule has 0 aliphatic rings. The Morgan fingerprint density at radius 1 is 1.08 bits per heavy atom. The Labute approximate surface area is 145 Å². The predicted octanol–water partition coefficient (Wildman–Crippen LogP) is 3.81. The smallest absolute Gasteiger partial charge is 0.337 e. The third kappa shape index (κ3) is 3.55. The zero-order valence-corrected chi connectivity index (χ0v) is 14.4. The van der Waals surface area contributed by atoms with Crippen molar-refractivity contribution in [2.45, 2.75) is 20.4 Å². The van der Waals surface area contributed by atoms with E-state index in [4.69, 9.17) is 4.42 Å². The first-order valence-corrected chi connectivity index (χ1v) is 7.94. The molecule has 3 aromatic rings. The van der Waals surface area contributed by atoms with Gasteiger partial charge in [-0.1, -0.05) is 0 Å². The van der Waals surface area contributed by atoms with Crippen LogP contribution in [0.15, 0.2) is 51.7 Å². The van der Waals surface area contributed by atoms with E-state index in [1.165, 1.54) is 13.2 Å². The summed E-state index contributed by atoms with van der Waals surface area (Å²) in [6, 6.07) is 12.4. The van der Waals surface area contributed by atoms with Crippen molar-refractivity contribution >= 4 is 22.6 Å². The van der Waals surface area contributed by atoms with Crippen molar-refractivity contribution in [3.8, 4) is 0 Å². The molecule has 5 heteroatoms. The van der Waals surface area contributed by atoms with Crippen LogP contribution >= 0.6 is 0 Å². The Balaban J connectivity index is 1.87. The van der Waals surface area contributed by atoms with Crippen LogP contribution in [0.25, 0.3) is 11.0 Å². The first-order chi connectivity index (χ1) is 12.0. The van der Waals surface area contributed by atoms with Gasteiger partial charge in [-0.05, 0) is 66.9 Å². The molecule has 1 aromatic heterocycles. The van der Waals surface area contributed by atoms with Crippen LogP contribution in [0.2, 0.25) is 0 Å². The molecule has 0 radical (unpaired) electrons. The van der Waals surface area contributed by atoms with E-state index in [0.717, 1.165) is 27.8 Å². The lowest BCUT2D eigenvalue weighted by Gasteiger charge is -2.10. The molecule has 128 valence electrons. The summed E-state index contributed by atoms with van der Waals surface area (Å²) < 4.78 is 9.99. The molecule has 0 aliphatic carbocycles. The van der Waals surface area contributed by atoms with E-state index >= 15 is 0 Å². The fraction of sp³-hybridized carbons (Fsp3) is 0.200. The average molecular weight is 337 g/mol. The quantitative estimate of drug-likeness (QED) is 0.579. The Kier molecular flexibility index (Phi) is 4.57. The number of aryl methyl sites for hydroxylation is 2. The fourth-order valence-electron chi connectivity index (χ4n) is 2.67. The maximum absolute atomic E-state index is 11.8. The third-order valence-corrected chi connectivity index (χ3v) is 4.23. The van der Waals surface area contributed by atoms with Crippen LogP contribution in [0.5, 0.6) is 0 Å². The molecule has 2 aromatic carbocycles. The second kappa shape index (κ2) is 6.81. The zero-order valence-electron chi connectivity index (χ0n) is 14.4. The highest BCUT2D eigenvalue weighted by molar-refractivity contribution is 5.89. The molecule has 0 spiro atoms. The van der Waals surface area contributed by atoms with E-state index in [1.54, 1.807) is 24.3 Å². The molecule has 0 aliphatic heterocycles. The molecule has 3 rings (SSSR count). The molecule has 0 fully saturated rings. The van der Waals surface area contributed by atoms with E-state index in [1.807, 2.05) is 26.0 Å². The van der Waals surface area contributed by atoms with Gasteiger partial charge in [-0.3, -0.25) is 0 Å². The van der Waals surface area contributed by atoms with Crippen LogP contribution in [0.3, 0.4) is 0 Å². The van der Waals surface area contributed by atoms with E-state index in [0.29, 0.717) is 17.7 Å². The van der Waals surface area contributed by atoms with Crippen LogP contribution in [0, 0.1) is 13.8 Å². The molecule has 0 atom stereocenters. The van der Waals surface area contributed by atoms with Gasteiger partial charge in [-0.25, -0.2) is 9.59 Å².